The van der Waals surface area contributed by atoms with E-state index in [-0.39, 0.29) is 11.5 Å². The van der Waals surface area contributed by atoms with Gasteiger partial charge in [-0.15, -0.1) is 11.8 Å². The summed E-state index contributed by atoms with van der Waals surface area (Å²) < 4.78 is 1.43. The van der Waals surface area contributed by atoms with Gasteiger partial charge in [-0.3, -0.25) is 9.59 Å². The van der Waals surface area contributed by atoms with Crippen LogP contribution in [0.1, 0.15) is 18.4 Å². The average Bonchev–Trinajstić information content (AvgIpc) is 3.70. The Morgan fingerprint density at radius 2 is 1.74 bits per heavy atom. The molecule has 5 rings (SSSR count). The van der Waals surface area contributed by atoms with Crippen molar-refractivity contribution >= 4 is 35.0 Å². The summed E-state index contributed by atoms with van der Waals surface area (Å²) in [5.41, 5.74) is 1.57. The number of nitriles is 1. The zero-order valence-corrected chi connectivity index (χ0v) is 20.6. The molecule has 1 aromatic heterocycles. The van der Waals surface area contributed by atoms with Gasteiger partial charge in [0.1, 0.15) is 10.3 Å². The van der Waals surface area contributed by atoms with Crippen molar-refractivity contribution in [2.75, 3.05) is 31.1 Å². The minimum atomic E-state index is -0.806. The van der Waals surface area contributed by atoms with Crippen LogP contribution in [0.3, 0.4) is 0 Å². The van der Waals surface area contributed by atoms with Crippen LogP contribution < -0.4 is 10.5 Å². The smallest absolute Gasteiger partial charge is 0.287 e. The first-order valence-electron chi connectivity index (χ1n) is 11.5. The lowest BCUT2D eigenvalue weighted by Gasteiger charge is -2.37. The van der Waals surface area contributed by atoms with Crippen LogP contribution >= 0.6 is 23.4 Å². The zero-order chi connectivity index (χ0) is 24.4. The lowest BCUT2D eigenvalue weighted by atomic mass is 10.1. The number of rotatable bonds is 6. The van der Waals surface area contributed by atoms with Gasteiger partial charge in [0.05, 0.1) is 23.6 Å². The van der Waals surface area contributed by atoms with Crippen molar-refractivity contribution < 1.29 is 4.79 Å². The first-order chi connectivity index (χ1) is 17.0. The molecule has 0 unspecified atom stereocenters. The van der Waals surface area contributed by atoms with Crippen LogP contribution in [-0.2, 0) is 10.5 Å². The zero-order valence-electron chi connectivity index (χ0n) is 19.1. The third-order valence-electron chi connectivity index (χ3n) is 6.49. The first-order valence-corrected chi connectivity index (χ1v) is 12.9. The number of anilines is 1. The molecule has 2 heterocycles. The van der Waals surface area contributed by atoms with E-state index in [0.717, 1.165) is 11.3 Å². The van der Waals surface area contributed by atoms with E-state index in [2.05, 4.69) is 16.1 Å². The van der Waals surface area contributed by atoms with E-state index >= 15 is 0 Å². The number of hydrogen-bond acceptors (Lipinski definition) is 6. The number of piperazine rings is 1. The van der Waals surface area contributed by atoms with E-state index in [0.29, 0.717) is 60.4 Å². The molecule has 0 bridgehead atoms. The van der Waals surface area contributed by atoms with Gasteiger partial charge in [0.2, 0.25) is 5.91 Å². The molecule has 2 aliphatic rings. The van der Waals surface area contributed by atoms with Gasteiger partial charge in [-0.1, -0.05) is 41.9 Å². The Bertz CT molecular complexity index is 1320. The van der Waals surface area contributed by atoms with Crippen LogP contribution in [0.15, 0.2) is 70.5 Å². The molecule has 178 valence electrons. The minimum absolute atomic E-state index is 0.0605. The molecular formula is C26H24ClN5O2S. The minimum Gasteiger partial charge on any atom is -0.366 e. The van der Waals surface area contributed by atoms with E-state index in [1.165, 1.54) is 16.4 Å². The van der Waals surface area contributed by atoms with Crippen molar-refractivity contribution in [3.05, 3.63) is 81.7 Å². The largest absolute Gasteiger partial charge is 0.366 e. The van der Waals surface area contributed by atoms with Crippen LogP contribution in [0.2, 0.25) is 5.02 Å². The highest BCUT2D eigenvalue weighted by Gasteiger charge is 2.52. The van der Waals surface area contributed by atoms with Crippen molar-refractivity contribution in [1.82, 2.24) is 14.7 Å². The SMILES string of the molecule is N#CC1(C(=O)N2CCN(c3cnn(-c4ccccc4)c(=O)c3SCc3ccc(Cl)cc3)CC2)CC1. The summed E-state index contributed by atoms with van der Waals surface area (Å²) >= 11 is 7.50. The summed E-state index contributed by atoms with van der Waals surface area (Å²) in [7, 11) is 0. The van der Waals surface area contributed by atoms with E-state index in [1.54, 1.807) is 11.1 Å². The van der Waals surface area contributed by atoms with Gasteiger partial charge in [-0.2, -0.15) is 15.0 Å². The van der Waals surface area contributed by atoms with Crippen LogP contribution in [0.5, 0.6) is 0 Å². The topological polar surface area (TPSA) is 82.2 Å². The molecule has 3 aromatic rings. The highest BCUT2D eigenvalue weighted by atomic mass is 35.5. The molecule has 1 amide bonds. The van der Waals surface area contributed by atoms with Gasteiger partial charge in [0.25, 0.3) is 5.56 Å². The van der Waals surface area contributed by atoms with Crippen LogP contribution in [0, 0.1) is 16.7 Å². The highest BCUT2D eigenvalue weighted by molar-refractivity contribution is 7.98. The Morgan fingerprint density at radius 1 is 1.06 bits per heavy atom. The quantitative estimate of drug-likeness (QED) is 0.468. The number of hydrogen-bond donors (Lipinski definition) is 0. The summed E-state index contributed by atoms with van der Waals surface area (Å²) in [5.74, 6) is 0.552. The second-order valence-corrected chi connectivity index (χ2v) is 10.2. The summed E-state index contributed by atoms with van der Waals surface area (Å²) in [6.07, 6.45) is 3.04. The van der Waals surface area contributed by atoms with E-state index in [1.807, 2.05) is 54.6 Å². The molecule has 2 aromatic carbocycles. The van der Waals surface area contributed by atoms with Gasteiger partial charge in [0.15, 0.2) is 0 Å². The molecule has 0 spiro atoms. The maximum Gasteiger partial charge on any atom is 0.287 e. The van der Waals surface area contributed by atoms with E-state index in [9.17, 15) is 14.9 Å². The van der Waals surface area contributed by atoms with E-state index in [4.69, 9.17) is 11.6 Å². The van der Waals surface area contributed by atoms with Gasteiger partial charge >= 0.3 is 0 Å². The second-order valence-electron chi connectivity index (χ2n) is 8.80. The number of carbonyl (C=O) groups is 1. The number of carbonyl (C=O) groups excluding carboxylic acids is 1. The van der Waals surface area contributed by atoms with Gasteiger partial charge in [-0.05, 0) is 42.7 Å². The third-order valence-corrected chi connectivity index (χ3v) is 7.89. The van der Waals surface area contributed by atoms with Gasteiger partial charge in [-0.25, -0.2) is 0 Å². The monoisotopic (exact) mass is 505 g/mol. The Kier molecular flexibility index (Phi) is 6.54. The number of halogens is 1. The summed E-state index contributed by atoms with van der Waals surface area (Å²) in [4.78, 5) is 30.9. The summed E-state index contributed by atoms with van der Waals surface area (Å²) in [6, 6.07) is 19.2. The molecule has 0 atom stereocenters. The van der Waals surface area contributed by atoms with Crippen molar-refractivity contribution in [2.45, 2.75) is 23.5 Å². The number of thioether (sulfide) groups is 1. The van der Waals surface area contributed by atoms with Crippen LogP contribution in [0.4, 0.5) is 5.69 Å². The maximum atomic E-state index is 13.6. The predicted octanol–water partition coefficient (Wildman–Crippen LogP) is 4.13. The van der Waals surface area contributed by atoms with Crippen molar-refractivity contribution in [3.63, 3.8) is 0 Å². The predicted molar refractivity (Wildman–Crippen MR) is 137 cm³/mol. The fourth-order valence-corrected chi connectivity index (χ4v) is 5.40. The molecule has 1 aliphatic heterocycles. The Labute approximate surface area is 212 Å². The molecule has 1 saturated carbocycles. The summed E-state index contributed by atoms with van der Waals surface area (Å²) in [6.45, 7) is 2.20. The number of benzene rings is 2. The van der Waals surface area contributed by atoms with Crippen molar-refractivity contribution in [2.24, 2.45) is 5.41 Å². The van der Waals surface area contributed by atoms with Crippen molar-refractivity contribution in [1.29, 1.82) is 5.26 Å². The molecule has 35 heavy (non-hydrogen) atoms. The van der Waals surface area contributed by atoms with E-state index < -0.39 is 5.41 Å². The third kappa shape index (κ3) is 4.79. The fourth-order valence-electron chi connectivity index (χ4n) is 4.23. The number of nitrogens with zero attached hydrogens (tertiary/aromatic N) is 5. The summed E-state index contributed by atoms with van der Waals surface area (Å²) in [5, 5.41) is 14.5. The maximum absolute atomic E-state index is 13.6. The second kappa shape index (κ2) is 9.76. The van der Waals surface area contributed by atoms with Gasteiger partial charge < -0.3 is 9.80 Å². The lowest BCUT2D eigenvalue weighted by molar-refractivity contribution is -0.135. The van der Waals surface area contributed by atoms with Crippen LogP contribution in [-0.4, -0.2) is 46.8 Å². The Balaban J connectivity index is 1.41. The molecule has 1 aliphatic carbocycles. The number of amides is 1. The fraction of sp³-hybridized carbons (Fsp3) is 0.308. The normalized spacial score (nSPS) is 16.6. The molecular weight excluding hydrogens is 482 g/mol. The number of para-hydroxylation sites is 1. The molecule has 0 radical (unpaired) electrons. The lowest BCUT2D eigenvalue weighted by Crippen LogP contribution is -2.51. The molecule has 0 N–H and O–H groups in total. The van der Waals surface area contributed by atoms with Crippen LogP contribution in [0.25, 0.3) is 5.69 Å². The molecule has 2 fully saturated rings. The first kappa shape index (κ1) is 23.5. The molecule has 9 heteroatoms. The van der Waals surface area contributed by atoms with Crippen molar-refractivity contribution in [3.8, 4) is 11.8 Å². The average molecular weight is 506 g/mol. The Hall–Kier alpha value is -3.28. The molecule has 7 nitrogen and oxygen atoms in total. The highest BCUT2D eigenvalue weighted by Crippen LogP contribution is 2.46. The van der Waals surface area contributed by atoms with Gasteiger partial charge in [0, 0.05) is 37.0 Å². The Morgan fingerprint density at radius 3 is 2.37 bits per heavy atom. The standard InChI is InChI=1S/C26H24ClN5O2S/c27-20-8-6-19(7-9-20)17-35-23-22(16-29-32(24(23)33)21-4-2-1-3-5-21)30-12-14-31(15-13-30)25(34)26(18-28)10-11-26/h1-9,16H,10-15,17H2. The molecule has 1 saturated heterocycles. The number of aromatic nitrogens is 2.